The highest BCUT2D eigenvalue weighted by Gasteiger charge is 2.35. The first-order chi connectivity index (χ1) is 14.4. The largest absolute Gasteiger partial charge is 0.416 e. The molecule has 0 aromatic heterocycles. The molecule has 0 N–H and O–H groups in total. The van der Waals surface area contributed by atoms with Crippen LogP contribution < -0.4 is 0 Å². The number of halogens is 4. The number of rotatable bonds is 6. The average Bonchev–Trinajstić information content (AvgIpc) is 2.70. The minimum Gasteiger partial charge on any atom is -0.373 e. The van der Waals surface area contributed by atoms with E-state index >= 15 is 0 Å². The van der Waals surface area contributed by atoms with E-state index in [1.807, 2.05) is 12.1 Å². The van der Waals surface area contributed by atoms with E-state index in [0.717, 1.165) is 48.6 Å². The van der Waals surface area contributed by atoms with Crippen LogP contribution >= 0.6 is 11.6 Å². The van der Waals surface area contributed by atoms with Crippen LogP contribution in [-0.2, 0) is 17.5 Å². The minimum atomic E-state index is -4.30. The Morgan fingerprint density at radius 2 is 1.57 bits per heavy atom. The predicted octanol–water partition coefficient (Wildman–Crippen LogP) is 6.88. The number of piperidine rings is 1. The number of benzene rings is 2. The maximum absolute atomic E-state index is 12.7. The molecule has 1 aliphatic carbocycles. The zero-order chi connectivity index (χ0) is 21.1. The van der Waals surface area contributed by atoms with Crippen LogP contribution in [0.2, 0.25) is 5.02 Å². The first-order valence-corrected chi connectivity index (χ1v) is 11.1. The van der Waals surface area contributed by atoms with Crippen LogP contribution in [0.1, 0.15) is 54.8 Å². The molecule has 2 aromatic carbocycles. The molecule has 2 fully saturated rings. The second kappa shape index (κ2) is 9.29. The van der Waals surface area contributed by atoms with Gasteiger partial charge in [-0.3, -0.25) is 4.90 Å². The lowest BCUT2D eigenvalue weighted by atomic mass is 9.76. The topological polar surface area (TPSA) is 12.5 Å². The highest BCUT2D eigenvalue weighted by molar-refractivity contribution is 6.30. The number of alkyl halides is 3. The lowest BCUT2D eigenvalue weighted by molar-refractivity contribution is -0.137. The Labute approximate surface area is 181 Å². The Bertz CT molecular complexity index is 810. The molecule has 1 unspecified atom stereocenters. The Morgan fingerprint density at radius 3 is 2.10 bits per heavy atom. The van der Waals surface area contributed by atoms with Crippen molar-refractivity contribution in [3.63, 3.8) is 0 Å². The van der Waals surface area contributed by atoms with Crippen molar-refractivity contribution in [1.82, 2.24) is 4.90 Å². The van der Waals surface area contributed by atoms with Gasteiger partial charge in [0.2, 0.25) is 0 Å². The zero-order valence-electron chi connectivity index (χ0n) is 16.9. The van der Waals surface area contributed by atoms with Gasteiger partial charge in [-0.25, -0.2) is 0 Å². The molecule has 1 atom stereocenters. The lowest BCUT2D eigenvalue weighted by Gasteiger charge is -2.44. The van der Waals surface area contributed by atoms with E-state index in [-0.39, 0.29) is 6.10 Å². The molecule has 30 heavy (non-hydrogen) atoms. The fraction of sp³-hybridized carbons (Fsp3) is 0.500. The summed E-state index contributed by atoms with van der Waals surface area (Å²) in [7, 11) is 0. The highest BCUT2D eigenvalue weighted by Crippen LogP contribution is 2.42. The van der Waals surface area contributed by atoms with Gasteiger partial charge in [-0.1, -0.05) is 42.3 Å². The third-order valence-corrected chi connectivity index (χ3v) is 6.70. The maximum Gasteiger partial charge on any atom is 0.416 e. The molecule has 0 bridgehead atoms. The fourth-order valence-electron chi connectivity index (χ4n) is 4.52. The standard InChI is InChI=1S/C24H27ClF3NO/c25-21-10-6-19(7-11-21)23(18-2-1-3-18)29-14-12-22(13-15-29)30-16-17-4-8-20(9-5-17)24(26,27)28/h4-11,18,22-23H,1-3,12-16H2. The summed E-state index contributed by atoms with van der Waals surface area (Å²) in [6.07, 6.45) is 1.59. The van der Waals surface area contributed by atoms with Crippen molar-refractivity contribution in [1.29, 1.82) is 0 Å². The molecule has 0 spiro atoms. The van der Waals surface area contributed by atoms with Crippen molar-refractivity contribution in [3.05, 3.63) is 70.2 Å². The summed E-state index contributed by atoms with van der Waals surface area (Å²) >= 11 is 6.08. The van der Waals surface area contributed by atoms with Gasteiger partial charge in [0, 0.05) is 24.2 Å². The minimum absolute atomic E-state index is 0.149. The van der Waals surface area contributed by atoms with Gasteiger partial charge in [0.1, 0.15) is 0 Å². The summed E-state index contributed by atoms with van der Waals surface area (Å²) < 4.78 is 44.1. The predicted molar refractivity (Wildman–Crippen MR) is 112 cm³/mol. The van der Waals surface area contributed by atoms with Crippen molar-refractivity contribution in [2.75, 3.05) is 13.1 Å². The van der Waals surface area contributed by atoms with Gasteiger partial charge in [-0.2, -0.15) is 13.2 Å². The van der Waals surface area contributed by atoms with Gasteiger partial charge in [-0.15, -0.1) is 0 Å². The zero-order valence-corrected chi connectivity index (χ0v) is 17.6. The van der Waals surface area contributed by atoms with Gasteiger partial charge in [0.05, 0.1) is 18.3 Å². The highest BCUT2D eigenvalue weighted by atomic mass is 35.5. The smallest absolute Gasteiger partial charge is 0.373 e. The first-order valence-electron chi connectivity index (χ1n) is 10.7. The van der Waals surface area contributed by atoms with Crippen molar-refractivity contribution < 1.29 is 17.9 Å². The number of ether oxygens (including phenoxy) is 1. The molecule has 162 valence electrons. The van der Waals surface area contributed by atoms with Gasteiger partial charge < -0.3 is 4.74 Å². The van der Waals surface area contributed by atoms with Crippen LogP contribution in [0.25, 0.3) is 0 Å². The Morgan fingerprint density at radius 1 is 0.933 bits per heavy atom. The molecule has 2 nitrogen and oxygen atoms in total. The monoisotopic (exact) mass is 437 g/mol. The maximum atomic E-state index is 12.7. The summed E-state index contributed by atoms with van der Waals surface area (Å²) in [4.78, 5) is 2.57. The van der Waals surface area contributed by atoms with E-state index in [9.17, 15) is 13.2 Å². The molecule has 1 heterocycles. The first kappa shape index (κ1) is 21.7. The van der Waals surface area contributed by atoms with E-state index in [2.05, 4.69) is 17.0 Å². The quantitative estimate of drug-likeness (QED) is 0.488. The molecule has 0 radical (unpaired) electrons. The Balaban J connectivity index is 1.31. The van der Waals surface area contributed by atoms with Gasteiger partial charge in [0.25, 0.3) is 0 Å². The molecule has 4 rings (SSSR count). The van der Waals surface area contributed by atoms with Crippen LogP contribution in [-0.4, -0.2) is 24.1 Å². The molecule has 1 aliphatic heterocycles. The summed E-state index contributed by atoms with van der Waals surface area (Å²) in [5.41, 5.74) is 1.50. The average molecular weight is 438 g/mol. The second-order valence-corrected chi connectivity index (χ2v) is 8.86. The van der Waals surface area contributed by atoms with E-state index in [4.69, 9.17) is 16.3 Å². The van der Waals surface area contributed by atoms with E-state index in [0.29, 0.717) is 18.6 Å². The summed E-state index contributed by atoms with van der Waals surface area (Å²) in [5, 5.41) is 0.765. The normalized spacial score (nSPS) is 20.1. The summed E-state index contributed by atoms with van der Waals surface area (Å²) in [6.45, 7) is 2.30. The van der Waals surface area contributed by atoms with E-state index in [1.165, 1.54) is 37.0 Å². The number of nitrogens with zero attached hydrogens (tertiary/aromatic N) is 1. The molecular weight excluding hydrogens is 411 g/mol. The van der Waals surface area contributed by atoms with E-state index < -0.39 is 11.7 Å². The van der Waals surface area contributed by atoms with Crippen molar-refractivity contribution >= 4 is 11.6 Å². The van der Waals surface area contributed by atoms with Gasteiger partial charge in [0.15, 0.2) is 0 Å². The lowest BCUT2D eigenvalue weighted by Crippen LogP contribution is -2.43. The molecule has 6 heteroatoms. The third kappa shape index (κ3) is 5.19. The Kier molecular flexibility index (Phi) is 6.71. The van der Waals surface area contributed by atoms with Gasteiger partial charge in [-0.05, 0) is 67.0 Å². The Hall–Kier alpha value is -1.56. The SMILES string of the molecule is FC(F)(F)c1ccc(COC2CCN(C(c3ccc(Cl)cc3)C3CCC3)CC2)cc1. The third-order valence-electron chi connectivity index (χ3n) is 6.44. The summed E-state index contributed by atoms with van der Waals surface area (Å²) in [5.74, 6) is 0.704. The molecule has 0 amide bonds. The fourth-order valence-corrected chi connectivity index (χ4v) is 4.65. The molecule has 2 aromatic rings. The van der Waals surface area contributed by atoms with Gasteiger partial charge >= 0.3 is 6.18 Å². The van der Waals surface area contributed by atoms with E-state index in [1.54, 1.807) is 0 Å². The number of hydrogen-bond donors (Lipinski definition) is 0. The molecule has 1 saturated carbocycles. The van der Waals surface area contributed by atoms with Crippen LogP contribution in [0.15, 0.2) is 48.5 Å². The molecule has 2 aliphatic rings. The van der Waals surface area contributed by atoms with Crippen molar-refractivity contribution in [2.45, 2.75) is 57.0 Å². The molecular formula is C24H27ClF3NO. The van der Waals surface area contributed by atoms with Crippen LogP contribution in [0.5, 0.6) is 0 Å². The van der Waals surface area contributed by atoms with Crippen LogP contribution in [0.4, 0.5) is 13.2 Å². The second-order valence-electron chi connectivity index (χ2n) is 8.43. The summed E-state index contributed by atoms with van der Waals surface area (Å²) in [6, 6.07) is 13.9. The van der Waals surface area contributed by atoms with Crippen LogP contribution in [0.3, 0.4) is 0 Å². The van der Waals surface area contributed by atoms with Crippen molar-refractivity contribution in [3.8, 4) is 0 Å². The van der Waals surface area contributed by atoms with Crippen LogP contribution in [0, 0.1) is 5.92 Å². The number of likely N-dealkylation sites (tertiary alicyclic amines) is 1. The van der Waals surface area contributed by atoms with Crippen molar-refractivity contribution in [2.24, 2.45) is 5.92 Å². The molecule has 1 saturated heterocycles. The number of hydrogen-bond acceptors (Lipinski definition) is 2.